The Morgan fingerprint density at radius 3 is 1.53 bits per heavy atom. The summed E-state index contributed by atoms with van der Waals surface area (Å²) in [7, 11) is 0. The number of nitrogens with zero attached hydrogens (tertiary/aromatic N) is 4. The van der Waals surface area contributed by atoms with Crippen LogP contribution < -0.4 is 9.30 Å². The number of benzene rings is 8. The molecule has 83 heavy (non-hydrogen) atoms. The zero-order valence-electron chi connectivity index (χ0n) is 51.1. The standard InChI is InChI=1S/C77H78N4O.Pt/c1-72(2,3)57-40-41-78-69(48-57)81-67-39-36-53(52-28-20-16-21-29-52)42-66(67)65-38-37-63(50-68(65)81)82-64-47-60(75(10,11)54-30-22-17-23-31-54)46-62(49-64)80-51-79(61-44-58(73(4,5)6)43-59(45-61)74(7,8)9)70(76(12,13)55-32-24-18-25-33-55)71(80)77(14,15)56-34-26-19-27-35-56;/h16-48H,1-15H3;/q-2;. The van der Waals surface area contributed by atoms with Crippen molar-refractivity contribution in [1.82, 2.24) is 14.1 Å². The molecule has 0 bridgehead atoms. The molecule has 3 heterocycles. The SMILES string of the molecule is CC(C)(C)c1cc(-[n+]2[c-]n(-c3[c-]c(Oc4[c-]c5c(cc4)c4cc(-c6ccccc6)ccc4n5-c4cc(C(C)(C)C)ccn4)cc(C(C)(C)c4ccccc4)c3)c(C(C)(C)c3ccccc3)c2C(C)(C)c2ccccc2)cc(C(C)(C)C)c1.[Pt]. The summed E-state index contributed by atoms with van der Waals surface area (Å²) < 4.78 is 14.2. The molecule has 3 aromatic heterocycles. The Labute approximate surface area is 508 Å². The molecule has 0 saturated heterocycles. The molecule has 0 N–H and O–H groups in total. The van der Waals surface area contributed by atoms with Crippen LogP contribution in [0.4, 0.5) is 0 Å². The third-order valence-electron chi connectivity index (χ3n) is 17.1. The molecular weight excluding hydrogens is 1190 g/mol. The maximum atomic E-state index is 7.27. The van der Waals surface area contributed by atoms with E-state index in [9.17, 15) is 0 Å². The summed E-state index contributed by atoms with van der Waals surface area (Å²) >= 11 is 0. The molecule has 8 aromatic carbocycles. The molecule has 0 radical (unpaired) electrons. The van der Waals surface area contributed by atoms with Crippen LogP contribution in [0.2, 0.25) is 0 Å². The van der Waals surface area contributed by atoms with Crippen molar-refractivity contribution in [3.8, 4) is 39.8 Å². The average Bonchev–Trinajstić information content (AvgIpc) is 2.26. The molecule has 0 aliphatic carbocycles. The Bertz CT molecular complexity index is 4100. The first-order valence-corrected chi connectivity index (χ1v) is 29.0. The van der Waals surface area contributed by atoms with Crippen molar-refractivity contribution < 1.29 is 30.4 Å². The molecule has 11 aromatic rings. The van der Waals surface area contributed by atoms with Crippen LogP contribution in [0.1, 0.15) is 154 Å². The van der Waals surface area contributed by atoms with Crippen LogP contribution in [0.15, 0.2) is 200 Å². The molecule has 11 rings (SSSR count). The van der Waals surface area contributed by atoms with Crippen LogP contribution in [0.3, 0.4) is 0 Å². The first kappa shape index (κ1) is 58.6. The normalized spacial score (nSPS) is 12.7. The minimum absolute atomic E-state index is 0. The van der Waals surface area contributed by atoms with Gasteiger partial charge in [-0.15, -0.1) is 35.2 Å². The van der Waals surface area contributed by atoms with Gasteiger partial charge in [-0.3, -0.25) is 4.57 Å². The van der Waals surface area contributed by atoms with Gasteiger partial charge in [-0.2, -0.15) is 12.1 Å². The number of aromatic nitrogens is 4. The molecule has 0 saturated carbocycles. The molecule has 424 valence electrons. The van der Waals surface area contributed by atoms with Gasteiger partial charge in [0.05, 0.1) is 17.1 Å². The second kappa shape index (κ2) is 21.9. The van der Waals surface area contributed by atoms with Crippen molar-refractivity contribution in [2.75, 3.05) is 0 Å². The zero-order valence-corrected chi connectivity index (χ0v) is 53.3. The van der Waals surface area contributed by atoms with Gasteiger partial charge in [0.1, 0.15) is 5.82 Å². The predicted molar refractivity (Wildman–Crippen MR) is 340 cm³/mol. The Balaban J connectivity index is 0.00000769. The van der Waals surface area contributed by atoms with E-state index in [1.807, 2.05) is 6.20 Å². The van der Waals surface area contributed by atoms with Gasteiger partial charge >= 0.3 is 0 Å². The molecule has 6 heteroatoms. The van der Waals surface area contributed by atoms with Crippen LogP contribution in [-0.4, -0.2) is 14.1 Å². The van der Waals surface area contributed by atoms with E-state index in [1.54, 1.807) is 0 Å². The maximum absolute atomic E-state index is 7.27. The first-order valence-electron chi connectivity index (χ1n) is 29.0. The minimum Gasteiger partial charge on any atom is -0.510 e. The van der Waals surface area contributed by atoms with Crippen LogP contribution in [0, 0.1) is 18.5 Å². The second-order valence-corrected chi connectivity index (χ2v) is 27.1. The molecule has 5 nitrogen and oxygen atoms in total. The van der Waals surface area contributed by atoms with E-state index in [0.717, 1.165) is 67.1 Å². The first-order chi connectivity index (χ1) is 38.8. The van der Waals surface area contributed by atoms with Gasteiger partial charge in [0.15, 0.2) is 0 Å². The third-order valence-corrected chi connectivity index (χ3v) is 17.1. The van der Waals surface area contributed by atoms with Gasteiger partial charge in [0.2, 0.25) is 0 Å². The number of imidazole rings is 1. The summed E-state index contributed by atoms with van der Waals surface area (Å²) in [5.41, 5.74) is 14.8. The number of rotatable bonds is 12. The number of ether oxygens (including phenoxy) is 1. The number of hydrogen-bond donors (Lipinski definition) is 0. The Hall–Kier alpha value is -7.59. The fourth-order valence-electron chi connectivity index (χ4n) is 11.8. The van der Waals surface area contributed by atoms with Crippen LogP contribution in [0.25, 0.3) is 50.1 Å². The predicted octanol–water partition coefficient (Wildman–Crippen LogP) is 19.0. The van der Waals surface area contributed by atoms with Gasteiger partial charge in [0.25, 0.3) is 6.33 Å². The molecule has 0 amide bonds. The van der Waals surface area contributed by atoms with Gasteiger partial charge in [-0.1, -0.05) is 249 Å². The third kappa shape index (κ3) is 11.2. The molecule has 0 spiro atoms. The fourth-order valence-corrected chi connectivity index (χ4v) is 11.8. The van der Waals surface area contributed by atoms with E-state index >= 15 is 0 Å². The zero-order chi connectivity index (χ0) is 58.1. The van der Waals surface area contributed by atoms with Gasteiger partial charge in [-0.05, 0) is 108 Å². The van der Waals surface area contributed by atoms with Crippen LogP contribution in [-0.2, 0) is 53.6 Å². The van der Waals surface area contributed by atoms with Crippen molar-refractivity contribution in [1.29, 1.82) is 0 Å². The van der Waals surface area contributed by atoms with E-state index in [-0.39, 0.29) is 37.3 Å². The topological polar surface area (TPSA) is 35.9 Å². The molecule has 0 atom stereocenters. The van der Waals surface area contributed by atoms with E-state index < -0.39 is 16.2 Å². The summed E-state index contributed by atoms with van der Waals surface area (Å²) in [4.78, 5) is 5.04. The van der Waals surface area contributed by atoms with E-state index in [1.165, 1.54) is 33.4 Å². The average molecular weight is 1270 g/mol. The largest absolute Gasteiger partial charge is 0.510 e. The Morgan fingerprint density at radius 1 is 0.422 bits per heavy atom. The Morgan fingerprint density at radius 2 is 0.964 bits per heavy atom. The van der Waals surface area contributed by atoms with Crippen LogP contribution in [0.5, 0.6) is 11.5 Å². The van der Waals surface area contributed by atoms with Crippen molar-refractivity contribution in [3.05, 3.63) is 269 Å². The Kier molecular flexibility index (Phi) is 15.4. The van der Waals surface area contributed by atoms with Gasteiger partial charge < -0.3 is 13.9 Å². The number of pyridine rings is 1. The van der Waals surface area contributed by atoms with Crippen molar-refractivity contribution in [3.63, 3.8) is 0 Å². The smallest absolute Gasteiger partial charge is 0.267 e. The summed E-state index contributed by atoms with van der Waals surface area (Å²) in [6.45, 7) is 34.6. The van der Waals surface area contributed by atoms with Crippen molar-refractivity contribution in [2.24, 2.45) is 0 Å². The number of hydrogen-bond acceptors (Lipinski definition) is 2. The molecule has 0 aliphatic heterocycles. The van der Waals surface area contributed by atoms with Gasteiger partial charge in [-0.25, -0.2) is 4.98 Å². The summed E-state index contributed by atoms with van der Waals surface area (Å²) in [6, 6.07) is 77.9. The van der Waals surface area contributed by atoms with Crippen molar-refractivity contribution >= 4 is 21.8 Å². The maximum Gasteiger partial charge on any atom is 0.267 e. The van der Waals surface area contributed by atoms with Gasteiger partial charge in [0, 0.05) is 55.1 Å². The minimum atomic E-state index is -0.566. The summed E-state index contributed by atoms with van der Waals surface area (Å²) in [6.07, 6.45) is 6.05. The van der Waals surface area contributed by atoms with E-state index in [0.29, 0.717) is 11.5 Å². The van der Waals surface area contributed by atoms with Crippen molar-refractivity contribution in [2.45, 2.75) is 136 Å². The van der Waals surface area contributed by atoms with E-state index in [2.05, 4.69) is 330 Å². The van der Waals surface area contributed by atoms with Crippen LogP contribution >= 0.6 is 0 Å². The molecule has 0 fully saturated rings. The number of fused-ring (bicyclic) bond motifs is 3. The quantitative estimate of drug-likeness (QED) is 0.0903. The molecule has 0 unspecified atom stereocenters. The fraction of sp³-hybridized carbons (Fsp3) is 0.273. The second-order valence-electron chi connectivity index (χ2n) is 27.1. The van der Waals surface area contributed by atoms with E-state index in [4.69, 9.17) is 9.72 Å². The molecule has 0 aliphatic rings. The summed E-state index contributed by atoms with van der Waals surface area (Å²) in [5.74, 6) is 1.97. The summed E-state index contributed by atoms with van der Waals surface area (Å²) in [5, 5.41) is 2.18. The monoisotopic (exact) mass is 1270 g/mol. The molecular formula is C77H78N4OPt-2.